The van der Waals surface area contributed by atoms with E-state index in [1.807, 2.05) is 0 Å². The Balaban J connectivity index is 0.000000414. The maximum Gasteiger partial charge on any atom is 0.405 e. The Hall–Kier alpha value is -2.17. The summed E-state index contributed by atoms with van der Waals surface area (Å²) in [6, 6.07) is 7.74. The number of amides is 1. The Labute approximate surface area is 201 Å². The highest BCUT2D eigenvalue weighted by Crippen LogP contribution is 2.38. The van der Waals surface area contributed by atoms with Crippen molar-refractivity contribution >= 4 is 11.8 Å². The molecule has 0 aromatic heterocycles. The fourth-order valence-electron chi connectivity index (χ4n) is 4.95. The SMILES string of the molecule is CC(C)(C)OC(N)=O.CCC(C)=C(N)N(c1cc(C2CCCCC2)ccc1C)C1CCCC1. The van der Waals surface area contributed by atoms with E-state index < -0.39 is 11.7 Å². The van der Waals surface area contributed by atoms with Crippen LogP contribution < -0.4 is 16.4 Å². The molecule has 1 amide bonds. The van der Waals surface area contributed by atoms with Crippen LogP contribution in [0.3, 0.4) is 0 Å². The number of rotatable bonds is 5. The minimum absolute atomic E-state index is 0.453. The normalized spacial score (nSPS) is 18.2. The molecular formula is C28H47N3O2. The van der Waals surface area contributed by atoms with Crippen molar-refractivity contribution in [3.05, 3.63) is 40.7 Å². The monoisotopic (exact) mass is 457 g/mol. The molecule has 0 atom stereocenters. The molecule has 0 bridgehead atoms. The van der Waals surface area contributed by atoms with Crippen molar-refractivity contribution in [3.8, 4) is 0 Å². The Morgan fingerprint density at radius 3 is 2.09 bits per heavy atom. The van der Waals surface area contributed by atoms with Crippen LogP contribution in [0.1, 0.15) is 116 Å². The summed E-state index contributed by atoms with van der Waals surface area (Å²) < 4.78 is 4.58. The summed E-state index contributed by atoms with van der Waals surface area (Å²) in [6.45, 7) is 11.9. The predicted octanol–water partition coefficient (Wildman–Crippen LogP) is 7.27. The average Bonchev–Trinajstić information content (AvgIpc) is 3.28. The fraction of sp³-hybridized carbons (Fsp3) is 0.679. The number of hydrogen-bond donors (Lipinski definition) is 2. The van der Waals surface area contributed by atoms with Crippen molar-refractivity contribution in [1.29, 1.82) is 0 Å². The van der Waals surface area contributed by atoms with Gasteiger partial charge in [0.25, 0.3) is 0 Å². The van der Waals surface area contributed by atoms with Crippen LogP contribution in [-0.4, -0.2) is 17.7 Å². The maximum absolute atomic E-state index is 10.0. The molecule has 2 aliphatic rings. The second-order valence-corrected chi connectivity index (χ2v) is 10.7. The first-order valence-electron chi connectivity index (χ1n) is 12.9. The van der Waals surface area contributed by atoms with Crippen molar-refractivity contribution in [2.75, 3.05) is 4.90 Å². The third-order valence-electron chi connectivity index (χ3n) is 6.89. The molecular weight excluding hydrogens is 410 g/mol. The Morgan fingerprint density at radius 1 is 1.03 bits per heavy atom. The number of nitrogens with two attached hydrogens (primary N) is 2. The molecule has 1 aromatic carbocycles. The first kappa shape index (κ1) is 27.1. The second kappa shape index (κ2) is 12.3. The van der Waals surface area contributed by atoms with E-state index in [-0.39, 0.29) is 0 Å². The smallest absolute Gasteiger partial charge is 0.405 e. The lowest BCUT2D eigenvalue weighted by molar-refractivity contribution is 0.0600. The van der Waals surface area contributed by atoms with Crippen LogP contribution in [-0.2, 0) is 4.74 Å². The maximum atomic E-state index is 10.0. The van der Waals surface area contributed by atoms with Crippen LogP contribution in [0.25, 0.3) is 0 Å². The number of primary amides is 1. The largest absolute Gasteiger partial charge is 0.444 e. The Morgan fingerprint density at radius 2 is 1.61 bits per heavy atom. The molecule has 0 heterocycles. The molecule has 186 valence electrons. The summed E-state index contributed by atoms with van der Waals surface area (Å²) in [6.07, 6.45) is 12.4. The molecule has 2 aliphatic carbocycles. The van der Waals surface area contributed by atoms with Crippen molar-refractivity contribution in [2.45, 2.75) is 123 Å². The molecule has 4 N–H and O–H groups in total. The van der Waals surface area contributed by atoms with Gasteiger partial charge < -0.3 is 21.1 Å². The summed E-state index contributed by atoms with van der Waals surface area (Å²) in [5.41, 5.74) is 16.5. The number of benzene rings is 1. The standard InChI is InChI=1S/C23H36N2.C5H11NO2/c1-4-17(2)23(24)25(21-12-8-9-13-21)22-16-20(15-14-18(22)3)19-10-6-5-7-11-19;1-5(2,3)8-4(6)7/h14-16,19,21H,4-13,24H2,1-3H3;1-3H3,(H2,6,7). The number of hydrogen-bond acceptors (Lipinski definition) is 4. The van der Waals surface area contributed by atoms with E-state index in [1.54, 1.807) is 20.8 Å². The van der Waals surface area contributed by atoms with Gasteiger partial charge in [0.2, 0.25) is 0 Å². The summed E-state index contributed by atoms with van der Waals surface area (Å²) in [5.74, 6) is 1.74. The van der Waals surface area contributed by atoms with Gasteiger partial charge in [0, 0.05) is 11.7 Å². The number of anilines is 1. The molecule has 5 nitrogen and oxygen atoms in total. The summed E-state index contributed by atoms with van der Waals surface area (Å²) >= 11 is 0. The lowest BCUT2D eigenvalue weighted by atomic mass is 9.83. The molecule has 0 saturated heterocycles. The first-order chi connectivity index (χ1) is 15.5. The number of nitrogens with zero attached hydrogens (tertiary/aromatic N) is 1. The van der Waals surface area contributed by atoms with Gasteiger partial charge in [-0.1, -0.05) is 51.2 Å². The lowest BCUT2D eigenvalue weighted by Gasteiger charge is -2.35. The molecule has 0 spiro atoms. The third kappa shape index (κ3) is 8.28. The summed E-state index contributed by atoms with van der Waals surface area (Å²) in [5, 5.41) is 0. The molecule has 0 aliphatic heterocycles. The average molecular weight is 458 g/mol. The highest BCUT2D eigenvalue weighted by atomic mass is 16.6. The van der Waals surface area contributed by atoms with E-state index in [1.165, 1.54) is 80.2 Å². The van der Waals surface area contributed by atoms with Crippen LogP contribution in [0.2, 0.25) is 0 Å². The highest BCUT2D eigenvalue weighted by molar-refractivity contribution is 5.65. The van der Waals surface area contributed by atoms with Crippen LogP contribution in [0.15, 0.2) is 29.6 Å². The van der Waals surface area contributed by atoms with Crippen molar-refractivity contribution in [2.24, 2.45) is 11.5 Å². The Kier molecular flexibility index (Phi) is 10.1. The number of aryl methyl sites for hydroxylation is 1. The topological polar surface area (TPSA) is 81.6 Å². The van der Waals surface area contributed by atoms with E-state index in [0.29, 0.717) is 6.04 Å². The molecule has 1 aromatic rings. The molecule has 2 fully saturated rings. The minimum Gasteiger partial charge on any atom is -0.444 e. The first-order valence-corrected chi connectivity index (χ1v) is 12.9. The zero-order valence-electron chi connectivity index (χ0n) is 21.9. The van der Waals surface area contributed by atoms with Gasteiger partial charge in [-0.2, -0.15) is 0 Å². The van der Waals surface area contributed by atoms with Crippen LogP contribution >= 0.6 is 0 Å². The fourth-order valence-corrected chi connectivity index (χ4v) is 4.95. The van der Waals surface area contributed by atoms with Crippen molar-refractivity contribution < 1.29 is 9.53 Å². The molecule has 3 rings (SSSR count). The lowest BCUT2D eigenvalue weighted by Crippen LogP contribution is -2.37. The van der Waals surface area contributed by atoms with Gasteiger partial charge in [0.05, 0.1) is 0 Å². The van der Waals surface area contributed by atoms with E-state index in [9.17, 15) is 4.79 Å². The van der Waals surface area contributed by atoms with Gasteiger partial charge >= 0.3 is 6.09 Å². The van der Waals surface area contributed by atoms with Crippen molar-refractivity contribution in [1.82, 2.24) is 0 Å². The van der Waals surface area contributed by atoms with Gasteiger partial charge in [-0.25, -0.2) is 4.79 Å². The van der Waals surface area contributed by atoms with Crippen LogP contribution in [0.5, 0.6) is 0 Å². The zero-order valence-corrected chi connectivity index (χ0v) is 21.9. The van der Waals surface area contributed by atoms with E-state index in [0.717, 1.165) is 18.2 Å². The van der Waals surface area contributed by atoms with Crippen molar-refractivity contribution in [3.63, 3.8) is 0 Å². The number of ether oxygens (including phenoxy) is 1. The second-order valence-electron chi connectivity index (χ2n) is 10.7. The summed E-state index contributed by atoms with van der Waals surface area (Å²) in [7, 11) is 0. The zero-order chi connectivity index (χ0) is 24.6. The molecule has 5 heteroatoms. The van der Waals surface area contributed by atoms with Gasteiger partial charge in [-0.05, 0) is 95.4 Å². The van der Waals surface area contributed by atoms with Gasteiger partial charge in [0.15, 0.2) is 0 Å². The van der Waals surface area contributed by atoms with E-state index in [2.05, 4.69) is 48.6 Å². The third-order valence-corrected chi connectivity index (χ3v) is 6.89. The molecule has 0 unspecified atom stereocenters. The molecule has 33 heavy (non-hydrogen) atoms. The minimum atomic E-state index is -0.725. The van der Waals surface area contributed by atoms with Crippen LogP contribution in [0.4, 0.5) is 10.5 Å². The van der Waals surface area contributed by atoms with Gasteiger partial charge in [0.1, 0.15) is 11.4 Å². The quantitative estimate of drug-likeness (QED) is 0.487. The number of carbonyl (C=O) groups excluding carboxylic acids is 1. The van der Waals surface area contributed by atoms with Crippen LogP contribution in [0, 0.1) is 6.92 Å². The summed E-state index contributed by atoms with van der Waals surface area (Å²) in [4.78, 5) is 12.5. The van der Waals surface area contributed by atoms with Gasteiger partial charge in [-0.15, -0.1) is 0 Å². The predicted molar refractivity (Wildman–Crippen MR) is 139 cm³/mol. The van der Waals surface area contributed by atoms with E-state index in [4.69, 9.17) is 11.5 Å². The van der Waals surface area contributed by atoms with Gasteiger partial charge in [-0.3, -0.25) is 0 Å². The highest BCUT2D eigenvalue weighted by Gasteiger charge is 2.27. The molecule has 0 radical (unpaired) electrons. The number of carbonyl (C=O) groups is 1. The Bertz CT molecular complexity index is 798. The molecule has 2 saturated carbocycles. The van der Waals surface area contributed by atoms with E-state index >= 15 is 0 Å². The number of allylic oxidation sites excluding steroid dienone is 1.